The van der Waals surface area contributed by atoms with Gasteiger partial charge in [-0.3, -0.25) is 4.79 Å². The molecule has 1 unspecified atom stereocenters. The van der Waals surface area contributed by atoms with Crippen molar-refractivity contribution in [3.05, 3.63) is 90.0 Å². The van der Waals surface area contributed by atoms with E-state index in [1.165, 1.54) is 5.56 Å². The van der Waals surface area contributed by atoms with Gasteiger partial charge in [-0.1, -0.05) is 60.2 Å². The molecule has 1 amide bonds. The molecule has 8 heteroatoms. The Hall–Kier alpha value is -3.46. The molecule has 5 rings (SSSR count). The number of sulfonamides is 1. The molecule has 1 atom stereocenters. The first-order chi connectivity index (χ1) is 19.4. The maximum Gasteiger partial charge on any atom is 0.240 e. The third kappa shape index (κ3) is 6.40. The third-order valence-corrected chi connectivity index (χ3v) is 9.74. The van der Waals surface area contributed by atoms with Crippen LogP contribution in [0.3, 0.4) is 0 Å². The summed E-state index contributed by atoms with van der Waals surface area (Å²) < 4.78 is 31.7. The highest BCUT2D eigenvalue weighted by Crippen LogP contribution is 2.32. The van der Waals surface area contributed by atoms with Gasteiger partial charge in [-0.15, -0.1) is 0 Å². The number of benzene rings is 3. The molecule has 0 bridgehead atoms. The number of aromatic nitrogens is 1. The maximum absolute atomic E-state index is 13.3. The van der Waals surface area contributed by atoms with E-state index in [9.17, 15) is 18.3 Å². The smallest absolute Gasteiger partial charge is 0.240 e. The molecule has 1 aliphatic carbocycles. The fraction of sp³-hybridized carbons (Fsp3) is 0.364. The zero-order valence-electron chi connectivity index (χ0n) is 24.1. The van der Waals surface area contributed by atoms with Crippen molar-refractivity contribution >= 4 is 26.8 Å². The lowest BCUT2D eigenvalue weighted by Crippen LogP contribution is -2.46. The van der Waals surface area contributed by atoms with E-state index in [1.54, 1.807) is 26.0 Å². The summed E-state index contributed by atoms with van der Waals surface area (Å²) in [6.07, 6.45) is 2.29. The topological polar surface area (TPSA) is 100 Å². The standard InChI is InChI=1S/C33H39N3O4S/c1-22-10-12-23(13-11-22)30-21-26-20-28(18-19-29(26)36(30)4)41(39,40)35-27-16-14-25(15-17-27)32(37)34-31(33(2,3)38)24-8-6-5-7-9-24/h5-13,18-21,25,27,31,35,38H,14-17H2,1-4H3,(H,34,37). The Labute approximate surface area is 242 Å². The van der Waals surface area contributed by atoms with Gasteiger partial charge in [-0.05, 0) is 81.8 Å². The van der Waals surface area contributed by atoms with E-state index in [0.717, 1.165) is 27.7 Å². The van der Waals surface area contributed by atoms with Gasteiger partial charge >= 0.3 is 0 Å². The SMILES string of the molecule is Cc1ccc(-c2cc3cc(S(=O)(=O)NC4CCC(C(=O)NC(c5ccccc5)C(C)(C)O)CC4)ccc3n2C)cc1. The molecule has 1 aliphatic rings. The fourth-order valence-electron chi connectivity index (χ4n) is 5.83. The van der Waals surface area contributed by atoms with Crippen LogP contribution >= 0.6 is 0 Å². The molecule has 1 fully saturated rings. The molecule has 3 aromatic carbocycles. The van der Waals surface area contributed by atoms with Gasteiger partial charge in [0.15, 0.2) is 0 Å². The van der Waals surface area contributed by atoms with Crippen LogP contribution in [0.25, 0.3) is 22.2 Å². The quantitative estimate of drug-likeness (QED) is 0.255. The fourth-order valence-corrected chi connectivity index (χ4v) is 7.17. The number of aryl methyl sites for hydroxylation is 2. The van der Waals surface area contributed by atoms with E-state index in [-0.39, 0.29) is 22.8 Å². The van der Waals surface area contributed by atoms with E-state index in [0.29, 0.717) is 25.7 Å². The largest absolute Gasteiger partial charge is 0.388 e. The Kier molecular flexibility index (Phi) is 8.10. The van der Waals surface area contributed by atoms with Crippen molar-refractivity contribution in [2.75, 3.05) is 0 Å². The molecule has 0 radical (unpaired) electrons. The van der Waals surface area contributed by atoms with E-state index in [4.69, 9.17) is 0 Å². The summed E-state index contributed by atoms with van der Waals surface area (Å²) in [6, 6.07) is 24.2. The minimum Gasteiger partial charge on any atom is -0.388 e. The van der Waals surface area contributed by atoms with Gasteiger partial charge in [0.1, 0.15) is 0 Å². The summed E-state index contributed by atoms with van der Waals surface area (Å²) in [6.45, 7) is 5.43. The monoisotopic (exact) mass is 573 g/mol. The van der Waals surface area contributed by atoms with Gasteiger partial charge < -0.3 is 15.0 Å². The molecule has 1 heterocycles. The summed E-state index contributed by atoms with van der Waals surface area (Å²) in [7, 11) is -1.74. The summed E-state index contributed by atoms with van der Waals surface area (Å²) in [5, 5.41) is 14.6. The third-order valence-electron chi connectivity index (χ3n) is 8.22. The van der Waals surface area contributed by atoms with Crippen molar-refractivity contribution in [1.29, 1.82) is 0 Å². The van der Waals surface area contributed by atoms with Crippen LogP contribution in [0.5, 0.6) is 0 Å². The molecule has 3 N–H and O–H groups in total. The molecular weight excluding hydrogens is 534 g/mol. The lowest BCUT2D eigenvalue weighted by Gasteiger charge is -2.34. The van der Waals surface area contributed by atoms with Crippen LogP contribution in [0.1, 0.15) is 56.7 Å². The number of fused-ring (bicyclic) bond motifs is 1. The number of carbonyl (C=O) groups is 1. The lowest BCUT2D eigenvalue weighted by molar-refractivity contribution is -0.128. The first kappa shape index (κ1) is 29.0. The average Bonchev–Trinajstić information content (AvgIpc) is 3.27. The van der Waals surface area contributed by atoms with Gasteiger partial charge in [0.25, 0.3) is 0 Å². The van der Waals surface area contributed by atoms with Crippen molar-refractivity contribution in [1.82, 2.24) is 14.6 Å². The zero-order chi connectivity index (χ0) is 29.4. The highest BCUT2D eigenvalue weighted by molar-refractivity contribution is 7.89. The Morgan fingerprint density at radius 1 is 0.951 bits per heavy atom. The molecule has 7 nitrogen and oxygen atoms in total. The molecule has 0 aliphatic heterocycles. The number of aliphatic hydroxyl groups is 1. The maximum atomic E-state index is 13.3. The summed E-state index contributed by atoms with van der Waals surface area (Å²) in [5.41, 5.74) is 3.97. The first-order valence-electron chi connectivity index (χ1n) is 14.2. The Morgan fingerprint density at radius 3 is 2.24 bits per heavy atom. The summed E-state index contributed by atoms with van der Waals surface area (Å²) >= 11 is 0. The predicted octanol–water partition coefficient (Wildman–Crippen LogP) is 5.62. The van der Waals surface area contributed by atoms with Gasteiger partial charge in [-0.2, -0.15) is 0 Å². The van der Waals surface area contributed by atoms with Crippen LogP contribution in [-0.4, -0.2) is 35.6 Å². The summed E-state index contributed by atoms with van der Waals surface area (Å²) in [4.78, 5) is 13.4. The predicted molar refractivity (Wildman–Crippen MR) is 163 cm³/mol. The van der Waals surface area contributed by atoms with Crippen molar-refractivity contribution in [3.63, 3.8) is 0 Å². The Morgan fingerprint density at radius 2 is 1.61 bits per heavy atom. The van der Waals surface area contributed by atoms with Gasteiger partial charge in [-0.25, -0.2) is 13.1 Å². The van der Waals surface area contributed by atoms with E-state index >= 15 is 0 Å². The van der Waals surface area contributed by atoms with Crippen LogP contribution in [0, 0.1) is 12.8 Å². The Bertz CT molecular complexity index is 1630. The molecule has 0 saturated heterocycles. The molecular formula is C33H39N3O4S. The van der Waals surface area contributed by atoms with Gasteiger partial charge in [0.05, 0.1) is 16.5 Å². The number of nitrogens with zero attached hydrogens (tertiary/aromatic N) is 1. The number of rotatable bonds is 8. The van der Waals surface area contributed by atoms with Crippen LogP contribution < -0.4 is 10.0 Å². The number of amides is 1. The number of nitrogens with one attached hydrogen (secondary N) is 2. The van der Waals surface area contributed by atoms with E-state index < -0.39 is 21.7 Å². The average molecular weight is 574 g/mol. The molecule has 1 aromatic heterocycles. The molecule has 216 valence electrons. The minimum atomic E-state index is -3.73. The van der Waals surface area contributed by atoms with Crippen molar-refractivity contribution < 1.29 is 18.3 Å². The van der Waals surface area contributed by atoms with Crippen molar-refractivity contribution in [2.45, 2.75) is 69.0 Å². The van der Waals surface area contributed by atoms with Gasteiger partial charge in [0.2, 0.25) is 15.9 Å². The minimum absolute atomic E-state index is 0.110. The van der Waals surface area contributed by atoms with Crippen LogP contribution in [-0.2, 0) is 21.9 Å². The van der Waals surface area contributed by atoms with Crippen molar-refractivity contribution in [3.8, 4) is 11.3 Å². The number of hydrogen-bond donors (Lipinski definition) is 3. The van der Waals surface area contributed by atoms with Crippen LogP contribution in [0.4, 0.5) is 0 Å². The highest BCUT2D eigenvalue weighted by Gasteiger charge is 2.34. The number of hydrogen-bond acceptors (Lipinski definition) is 4. The second-order valence-electron chi connectivity index (χ2n) is 11.9. The molecule has 4 aromatic rings. The second-order valence-corrected chi connectivity index (χ2v) is 13.6. The van der Waals surface area contributed by atoms with E-state index in [2.05, 4.69) is 45.8 Å². The number of carbonyl (C=O) groups excluding carboxylic acids is 1. The summed E-state index contributed by atoms with van der Waals surface area (Å²) in [5.74, 6) is -0.341. The van der Waals surface area contributed by atoms with Crippen molar-refractivity contribution in [2.24, 2.45) is 13.0 Å². The van der Waals surface area contributed by atoms with E-state index in [1.807, 2.05) is 49.5 Å². The molecule has 1 saturated carbocycles. The van der Waals surface area contributed by atoms with Crippen LogP contribution in [0.2, 0.25) is 0 Å². The van der Waals surface area contributed by atoms with Gasteiger partial charge in [0, 0.05) is 35.6 Å². The first-order valence-corrected chi connectivity index (χ1v) is 15.7. The highest BCUT2D eigenvalue weighted by atomic mass is 32.2. The molecule has 0 spiro atoms. The normalized spacial score (nSPS) is 18.8. The zero-order valence-corrected chi connectivity index (χ0v) is 24.9. The lowest BCUT2D eigenvalue weighted by atomic mass is 9.84. The molecule has 41 heavy (non-hydrogen) atoms. The van der Waals surface area contributed by atoms with Crippen LogP contribution in [0.15, 0.2) is 83.8 Å². The Balaban J connectivity index is 1.24. The second kappa shape index (κ2) is 11.4.